The van der Waals surface area contributed by atoms with E-state index in [4.69, 9.17) is 0 Å². The molecule has 0 bridgehead atoms. The van der Waals surface area contributed by atoms with Crippen LogP contribution in [-0.2, 0) is 0 Å². The van der Waals surface area contributed by atoms with E-state index in [9.17, 15) is 9.90 Å². The first-order valence-corrected chi connectivity index (χ1v) is 7.32. The molecule has 2 aromatic rings. The molecule has 2 aromatic heterocycles. The van der Waals surface area contributed by atoms with Gasteiger partial charge in [0.2, 0.25) is 0 Å². The first kappa shape index (κ1) is 14.0. The highest BCUT2D eigenvalue weighted by molar-refractivity contribution is 5.99. The Balaban J connectivity index is 1.95. The predicted molar refractivity (Wildman–Crippen MR) is 78.2 cm³/mol. The van der Waals surface area contributed by atoms with Crippen molar-refractivity contribution < 1.29 is 9.90 Å². The number of fused-ring (bicyclic) bond motifs is 1. The average molecular weight is 288 g/mol. The van der Waals surface area contributed by atoms with Crippen LogP contribution >= 0.6 is 0 Å². The molecule has 0 aromatic carbocycles. The van der Waals surface area contributed by atoms with Crippen molar-refractivity contribution >= 4 is 11.6 Å². The molecule has 6 heteroatoms. The number of likely N-dealkylation sites (tertiary alicyclic amines) is 1. The van der Waals surface area contributed by atoms with Crippen LogP contribution < -0.4 is 0 Å². The lowest BCUT2D eigenvalue weighted by atomic mass is 9.98. The van der Waals surface area contributed by atoms with Gasteiger partial charge in [-0.2, -0.15) is 5.10 Å². The van der Waals surface area contributed by atoms with E-state index in [0.717, 1.165) is 30.8 Å². The maximum Gasteiger partial charge on any atom is 0.259 e. The smallest absolute Gasteiger partial charge is 0.259 e. The highest BCUT2D eigenvalue weighted by Gasteiger charge is 2.26. The summed E-state index contributed by atoms with van der Waals surface area (Å²) < 4.78 is 1.70. The number of hydrogen-bond donors (Lipinski definition) is 1. The minimum absolute atomic E-state index is 0.0411. The molecule has 3 heterocycles. The number of rotatable bonds is 2. The molecule has 21 heavy (non-hydrogen) atoms. The Kier molecular flexibility index (Phi) is 3.63. The number of piperidine rings is 1. The molecule has 0 saturated carbocycles. The Bertz CT molecular complexity index is 680. The van der Waals surface area contributed by atoms with Crippen LogP contribution in [0.3, 0.4) is 0 Å². The van der Waals surface area contributed by atoms with E-state index in [1.54, 1.807) is 15.6 Å². The third-order valence-electron chi connectivity index (χ3n) is 4.07. The van der Waals surface area contributed by atoms with Gasteiger partial charge in [-0.25, -0.2) is 9.50 Å². The molecular weight excluding hydrogens is 268 g/mol. The summed E-state index contributed by atoms with van der Waals surface area (Å²) in [5.41, 5.74) is 2.99. The second-order valence-electron chi connectivity index (χ2n) is 5.77. The molecule has 1 fully saturated rings. The zero-order chi connectivity index (χ0) is 15.0. The zero-order valence-electron chi connectivity index (χ0n) is 12.4. The van der Waals surface area contributed by atoms with E-state index in [-0.39, 0.29) is 18.4 Å². The maximum absolute atomic E-state index is 12.7. The zero-order valence-corrected chi connectivity index (χ0v) is 12.4. The highest BCUT2D eigenvalue weighted by atomic mass is 16.3. The number of aliphatic hydroxyl groups excluding tert-OH is 1. The van der Waals surface area contributed by atoms with Gasteiger partial charge in [-0.15, -0.1) is 0 Å². The van der Waals surface area contributed by atoms with E-state index in [1.165, 1.54) is 0 Å². The molecule has 1 aliphatic heterocycles. The third kappa shape index (κ3) is 2.51. The largest absolute Gasteiger partial charge is 0.396 e. The summed E-state index contributed by atoms with van der Waals surface area (Å²) in [5, 5.41) is 13.6. The van der Waals surface area contributed by atoms with Gasteiger partial charge in [-0.05, 0) is 38.7 Å². The fraction of sp³-hybridized carbons (Fsp3) is 0.533. The van der Waals surface area contributed by atoms with Crippen molar-refractivity contribution in [3.8, 4) is 0 Å². The second-order valence-corrected chi connectivity index (χ2v) is 5.77. The minimum Gasteiger partial charge on any atom is -0.396 e. The van der Waals surface area contributed by atoms with Crippen LogP contribution in [0.4, 0.5) is 0 Å². The summed E-state index contributed by atoms with van der Waals surface area (Å²) in [6, 6.07) is 1.94. The molecular formula is C15H20N4O2. The first-order valence-electron chi connectivity index (χ1n) is 7.32. The lowest BCUT2D eigenvalue weighted by molar-refractivity contribution is 0.0622. The Morgan fingerprint density at radius 1 is 1.48 bits per heavy atom. The van der Waals surface area contributed by atoms with Gasteiger partial charge in [0.05, 0.1) is 6.20 Å². The quantitative estimate of drug-likeness (QED) is 0.901. The molecule has 0 radical (unpaired) electrons. The van der Waals surface area contributed by atoms with Crippen LogP contribution in [0.2, 0.25) is 0 Å². The van der Waals surface area contributed by atoms with Crippen molar-refractivity contribution in [2.45, 2.75) is 26.7 Å². The highest BCUT2D eigenvalue weighted by Crippen LogP contribution is 2.20. The minimum atomic E-state index is -0.0411. The Labute approximate surface area is 123 Å². The molecule has 1 N–H and O–H groups in total. The van der Waals surface area contributed by atoms with E-state index >= 15 is 0 Å². The van der Waals surface area contributed by atoms with Crippen LogP contribution in [0.5, 0.6) is 0 Å². The number of aryl methyl sites for hydroxylation is 2. The number of aromatic nitrogens is 3. The number of carbonyl (C=O) groups excluding carboxylic acids is 1. The maximum atomic E-state index is 12.7. The van der Waals surface area contributed by atoms with E-state index in [2.05, 4.69) is 10.1 Å². The molecule has 0 aliphatic carbocycles. The van der Waals surface area contributed by atoms with Gasteiger partial charge >= 0.3 is 0 Å². The number of nitrogens with zero attached hydrogens (tertiary/aromatic N) is 4. The molecule has 112 valence electrons. The predicted octanol–water partition coefficient (Wildman–Crippen LogP) is 1.19. The molecule has 0 spiro atoms. The summed E-state index contributed by atoms with van der Waals surface area (Å²) in [6.45, 7) is 5.34. The Morgan fingerprint density at radius 3 is 3.05 bits per heavy atom. The summed E-state index contributed by atoms with van der Waals surface area (Å²) in [7, 11) is 0. The van der Waals surface area contributed by atoms with E-state index in [0.29, 0.717) is 17.8 Å². The van der Waals surface area contributed by atoms with Crippen LogP contribution in [0.1, 0.15) is 34.6 Å². The SMILES string of the molecule is Cc1cc(C)n2ncc(C(=O)N3CCCC(CO)C3)c2n1. The van der Waals surface area contributed by atoms with Gasteiger partial charge in [0.25, 0.3) is 5.91 Å². The van der Waals surface area contributed by atoms with Gasteiger partial charge in [0.15, 0.2) is 5.65 Å². The molecule has 3 rings (SSSR count). The number of aliphatic hydroxyl groups is 1. The van der Waals surface area contributed by atoms with E-state index in [1.807, 2.05) is 19.9 Å². The lowest BCUT2D eigenvalue weighted by Crippen LogP contribution is -2.40. The van der Waals surface area contributed by atoms with Gasteiger partial charge in [0.1, 0.15) is 5.56 Å². The number of hydrogen-bond acceptors (Lipinski definition) is 4. The molecule has 1 atom stereocenters. The normalized spacial score (nSPS) is 19.2. The van der Waals surface area contributed by atoms with E-state index < -0.39 is 0 Å². The summed E-state index contributed by atoms with van der Waals surface area (Å²) in [4.78, 5) is 19.0. The topological polar surface area (TPSA) is 70.7 Å². The van der Waals surface area contributed by atoms with Crippen molar-refractivity contribution in [2.24, 2.45) is 5.92 Å². The number of carbonyl (C=O) groups is 1. The summed E-state index contributed by atoms with van der Waals surface area (Å²) in [6.07, 6.45) is 3.51. The van der Waals surface area contributed by atoms with Gasteiger partial charge in [0, 0.05) is 31.1 Å². The van der Waals surface area contributed by atoms with Crippen LogP contribution in [0.15, 0.2) is 12.3 Å². The van der Waals surface area contributed by atoms with Gasteiger partial charge in [-0.1, -0.05) is 0 Å². The lowest BCUT2D eigenvalue weighted by Gasteiger charge is -2.31. The average Bonchev–Trinajstić information content (AvgIpc) is 2.90. The first-order chi connectivity index (χ1) is 10.1. The fourth-order valence-electron chi connectivity index (χ4n) is 2.99. The third-order valence-corrected chi connectivity index (χ3v) is 4.07. The monoisotopic (exact) mass is 288 g/mol. The summed E-state index contributed by atoms with van der Waals surface area (Å²) in [5.74, 6) is 0.140. The van der Waals surface area contributed by atoms with Crippen molar-refractivity contribution in [1.82, 2.24) is 19.5 Å². The van der Waals surface area contributed by atoms with Gasteiger partial charge in [-0.3, -0.25) is 4.79 Å². The van der Waals surface area contributed by atoms with Crippen molar-refractivity contribution in [3.63, 3.8) is 0 Å². The molecule has 1 saturated heterocycles. The second kappa shape index (κ2) is 5.44. The fourth-order valence-corrected chi connectivity index (χ4v) is 2.99. The molecule has 6 nitrogen and oxygen atoms in total. The molecule has 1 unspecified atom stereocenters. The molecule has 1 amide bonds. The Morgan fingerprint density at radius 2 is 2.29 bits per heavy atom. The standard InChI is InChI=1S/C15H20N4O2/c1-10-6-11(2)19-14(17-10)13(7-16-19)15(21)18-5-3-4-12(8-18)9-20/h6-7,12,20H,3-5,8-9H2,1-2H3. The molecule has 1 aliphatic rings. The van der Waals surface area contributed by atoms with Crippen molar-refractivity contribution in [3.05, 3.63) is 29.2 Å². The van der Waals surface area contributed by atoms with Crippen LogP contribution in [0, 0.1) is 19.8 Å². The van der Waals surface area contributed by atoms with Gasteiger partial charge < -0.3 is 10.0 Å². The van der Waals surface area contributed by atoms with Crippen molar-refractivity contribution in [1.29, 1.82) is 0 Å². The number of amides is 1. The Hall–Kier alpha value is -1.95. The summed E-state index contributed by atoms with van der Waals surface area (Å²) >= 11 is 0. The van der Waals surface area contributed by atoms with Crippen LogP contribution in [0.25, 0.3) is 5.65 Å². The van der Waals surface area contributed by atoms with Crippen LogP contribution in [-0.4, -0.2) is 50.2 Å². The van der Waals surface area contributed by atoms with Crippen molar-refractivity contribution in [2.75, 3.05) is 19.7 Å².